The van der Waals surface area contributed by atoms with E-state index >= 15 is 0 Å². The van der Waals surface area contributed by atoms with E-state index in [2.05, 4.69) is 27.4 Å². The van der Waals surface area contributed by atoms with Gasteiger partial charge in [-0.3, -0.25) is 9.59 Å². The van der Waals surface area contributed by atoms with Crippen LogP contribution in [0.1, 0.15) is 34.7 Å². The first-order valence-corrected chi connectivity index (χ1v) is 12.3. The van der Waals surface area contributed by atoms with E-state index < -0.39 is 6.04 Å². The quantitative estimate of drug-likeness (QED) is 0.259. The molecule has 34 heavy (non-hydrogen) atoms. The molecule has 0 bridgehead atoms. The van der Waals surface area contributed by atoms with Crippen LogP contribution in [0.15, 0.2) is 54.2 Å². The Morgan fingerprint density at radius 1 is 1.18 bits per heavy atom. The topological polar surface area (TPSA) is 88.9 Å². The zero-order valence-electron chi connectivity index (χ0n) is 18.4. The SMILES string of the molecule is C=CCn1c(SCC(=O)Nc2cccc(Cl)c2C)nnc1[C@H](C)NC(=O)c1ccc(Cl)cc1Cl. The number of amides is 2. The third kappa shape index (κ3) is 6.33. The number of carbonyl (C=O) groups is 2. The van der Waals surface area contributed by atoms with E-state index in [-0.39, 0.29) is 22.6 Å². The second-order valence-electron chi connectivity index (χ2n) is 7.31. The lowest BCUT2D eigenvalue weighted by molar-refractivity contribution is -0.113. The molecular weight excluding hydrogens is 517 g/mol. The van der Waals surface area contributed by atoms with Gasteiger partial charge in [-0.15, -0.1) is 16.8 Å². The number of benzene rings is 2. The fourth-order valence-electron chi connectivity index (χ4n) is 3.10. The van der Waals surface area contributed by atoms with Gasteiger partial charge < -0.3 is 15.2 Å². The molecule has 0 saturated carbocycles. The van der Waals surface area contributed by atoms with Crippen molar-refractivity contribution in [3.05, 3.63) is 81.1 Å². The number of aromatic nitrogens is 3. The Labute approximate surface area is 216 Å². The Balaban J connectivity index is 1.69. The molecule has 0 saturated heterocycles. The average molecular weight is 539 g/mol. The molecule has 11 heteroatoms. The molecule has 0 fully saturated rings. The minimum Gasteiger partial charge on any atom is -0.342 e. The maximum absolute atomic E-state index is 12.7. The molecule has 2 amide bonds. The highest BCUT2D eigenvalue weighted by molar-refractivity contribution is 7.99. The number of rotatable bonds is 9. The number of halogens is 3. The van der Waals surface area contributed by atoms with Crippen molar-refractivity contribution in [3.63, 3.8) is 0 Å². The number of anilines is 1. The van der Waals surface area contributed by atoms with Gasteiger partial charge in [0.25, 0.3) is 5.91 Å². The summed E-state index contributed by atoms with van der Waals surface area (Å²) in [5.41, 5.74) is 1.75. The molecule has 0 radical (unpaired) electrons. The van der Waals surface area contributed by atoms with Crippen LogP contribution >= 0.6 is 46.6 Å². The Morgan fingerprint density at radius 3 is 2.65 bits per heavy atom. The first-order chi connectivity index (χ1) is 16.2. The van der Waals surface area contributed by atoms with E-state index in [0.29, 0.717) is 38.8 Å². The number of thioether (sulfide) groups is 1. The predicted octanol–water partition coefficient (Wildman–Crippen LogP) is 5.95. The van der Waals surface area contributed by atoms with Gasteiger partial charge in [0.1, 0.15) is 0 Å². The summed E-state index contributed by atoms with van der Waals surface area (Å²) in [5, 5.41) is 16.0. The van der Waals surface area contributed by atoms with E-state index in [4.69, 9.17) is 34.8 Å². The maximum atomic E-state index is 12.7. The van der Waals surface area contributed by atoms with Crippen molar-refractivity contribution in [2.45, 2.75) is 31.6 Å². The Bertz CT molecular complexity index is 1230. The second kappa shape index (κ2) is 11.8. The van der Waals surface area contributed by atoms with E-state index in [0.717, 1.165) is 5.56 Å². The summed E-state index contributed by atoms with van der Waals surface area (Å²) in [7, 11) is 0. The number of nitrogens with one attached hydrogen (secondary N) is 2. The number of carbonyl (C=O) groups excluding carboxylic acids is 2. The van der Waals surface area contributed by atoms with Gasteiger partial charge in [0.15, 0.2) is 11.0 Å². The van der Waals surface area contributed by atoms with Gasteiger partial charge in [-0.05, 0) is 49.7 Å². The number of hydrogen-bond donors (Lipinski definition) is 2. The summed E-state index contributed by atoms with van der Waals surface area (Å²) in [6.45, 7) is 7.81. The lowest BCUT2D eigenvalue weighted by Gasteiger charge is -2.16. The molecule has 0 aliphatic rings. The highest BCUT2D eigenvalue weighted by Crippen LogP contribution is 2.25. The first-order valence-electron chi connectivity index (χ1n) is 10.2. The van der Waals surface area contributed by atoms with Gasteiger partial charge in [-0.25, -0.2) is 0 Å². The maximum Gasteiger partial charge on any atom is 0.253 e. The van der Waals surface area contributed by atoms with E-state index in [1.165, 1.54) is 17.8 Å². The molecule has 1 aromatic heterocycles. The molecule has 1 atom stereocenters. The van der Waals surface area contributed by atoms with Crippen molar-refractivity contribution in [1.82, 2.24) is 20.1 Å². The molecule has 1 heterocycles. The van der Waals surface area contributed by atoms with Crippen molar-refractivity contribution in [1.29, 1.82) is 0 Å². The third-order valence-corrected chi connectivity index (χ3v) is 6.77. The molecule has 7 nitrogen and oxygen atoms in total. The standard InChI is InChI=1S/C23H22Cl3N5O2S/c1-4-10-31-21(14(3)27-22(33)16-9-8-15(24)11-18(16)26)29-30-23(31)34-12-20(32)28-19-7-5-6-17(25)13(19)2/h4-9,11,14H,1,10,12H2,2-3H3,(H,27,33)(H,28,32)/t14-/m0/s1. The molecule has 2 aromatic carbocycles. The molecule has 0 aliphatic carbocycles. The Morgan fingerprint density at radius 2 is 1.94 bits per heavy atom. The van der Waals surface area contributed by atoms with Gasteiger partial charge in [0.05, 0.1) is 22.4 Å². The first kappa shape index (κ1) is 26.1. The van der Waals surface area contributed by atoms with Crippen LogP contribution < -0.4 is 10.6 Å². The molecular formula is C23H22Cl3N5O2S. The van der Waals surface area contributed by atoms with Crippen LogP contribution in [0.5, 0.6) is 0 Å². The summed E-state index contributed by atoms with van der Waals surface area (Å²) in [6.07, 6.45) is 1.69. The van der Waals surface area contributed by atoms with Crippen LogP contribution in [0.4, 0.5) is 5.69 Å². The predicted molar refractivity (Wildman–Crippen MR) is 138 cm³/mol. The summed E-state index contributed by atoms with van der Waals surface area (Å²) >= 11 is 19.4. The van der Waals surface area contributed by atoms with Crippen molar-refractivity contribution in [2.24, 2.45) is 0 Å². The average Bonchev–Trinajstić information content (AvgIpc) is 3.18. The second-order valence-corrected chi connectivity index (χ2v) is 9.50. The van der Waals surface area contributed by atoms with Crippen LogP contribution in [0, 0.1) is 6.92 Å². The van der Waals surface area contributed by atoms with Gasteiger partial charge in [0.2, 0.25) is 5.91 Å². The zero-order valence-corrected chi connectivity index (χ0v) is 21.5. The Hall–Kier alpha value is -2.52. The molecule has 0 unspecified atom stereocenters. The van der Waals surface area contributed by atoms with Crippen LogP contribution in [-0.4, -0.2) is 32.3 Å². The molecule has 178 valence electrons. The summed E-state index contributed by atoms with van der Waals surface area (Å²) < 4.78 is 1.80. The van der Waals surface area contributed by atoms with Crippen molar-refractivity contribution in [2.75, 3.05) is 11.1 Å². The van der Waals surface area contributed by atoms with E-state index in [1.54, 1.807) is 47.9 Å². The molecule has 0 aliphatic heterocycles. The lowest BCUT2D eigenvalue weighted by Crippen LogP contribution is -2.29. The van der Waals surface area contributed by atoms with Crippen molar-refractivity contribution >= 4 is 64.1 Å². The normalized spacial score (nSPS) is 11.7. The van der Waals surface area contributed by atoms with Crippen molar-refractivity contribution < 1.29 is 9.59 Å². The summed E-state index contributed by atoms with van der Waals surface area (Å²) in [6, 6.07) is 9.51. The van der Waals surface area contributed by atoms with Crippen LogP contribution in [0.2, 0.25) is 15.1 Å². The van der Waals surface area contributed by atoms with Crippen molar-refractivity contribution in [3.8, 4) is 0 Å². The number of allylic oxidation sites excluding steroid dienone is 1. The fourth-order valence-corrected chi connectivity index (χ4v) is 4.52. The van der Waals surface area contributed by atoms with Gasteiger partial charge in [-0.2, -0.15) is 0 Å². The minimum atomic E-state index is -0.482. The molecule has 0 spiro atoms. The molecule has 3 aromatic rings. The van der Waals surface area contributed by atoms with E-state index in [1.807, 2.05) is 6.92 Å². The fraction of sp³-hybridized carbons (Fsp3) is 0.217. The van der Waals surface area contributed by atoms with Gasteiger partial charge in [0, 0.05) is 22.3 Å². The van der Waals surface area contributed by atoms with Crippen LogP contribution in [0.25, 0.3) is 0 Å². The number of nitrogens with zero attached hydrogens (tertiary/aromatic N) is 3. The zero-order chi connectivity index (χ0) is 24.8. The van der Waals surface area contributed by atoms with E-state index in [9.17, 15) is 9.59 Å². The summed E-state index contributed by atoms with van der Waals surface area (Å²) in [5.74, 6) is 0.0612. The van der Waals surface area contributed by atoms with Gasteiger partial charge in [-0.1, -0.05) is 58.7 Å². The Kier molecular flexibility index (Phi) is 9.02. The number of hydrogen-bond acceptors (Lipinski definition) is 5. The lowest BCUT2D eigenvalue weighted by atomic mass is 10.2. The third-order valence-electron chi connectivity index (χ3n) is 4.84. The highest BCUT2D eigenvalue weighted by atomic mass is 35.5. The molecule has 3 rings (SSSR count). The summed E-state index contributed by atoms with van der Waals surface area (Å²) in [4.78, 5) is 25.2. The highest BCUT2D eigenvalue weighted by Gasteiger charge is 2.21. The minimum absolute atomic E-state index is 0.113. The smallest absolute Gasteiger partial charge is 0.253 e. The van der Waals surface area contributed by atoms with Gasteiger partial charge >= 0.3 is 0 Å². The largest absolute Gasteiger partial charge is 0.342 e. The van der Waals surface area contributed by atoms with Crippen LogP contribution in [-0.2, 0) is 11.3 Å². The molecule has 2 N–H and O–H groups in total. The monoisotopic (exact) mass is 537 g/mol. The van der Waals surface area contributed by atoms with Crippen LogP contribution in [0.3, 0.4) is 0 Å².